The van der Waals surface area contributed by atoms with Crippen LogP contribution in [0, 0.1) is 5.82 Å². The van der Waals surface area contributed by atoms with E-state index in [1.165, 1.54) is 12.1 Å². The number of ether oxygens (including phenoxy) is 1. The molecule has 1 unspecified atom stereocenters. The topological polar surface area (TPSA) is 58.6 Å². The number of rotatable bonds is 6. The largest absolute Gasteiger partial charge is 0.488 e. The minimum Gasteiger partial charge on any atom is -0.488 e. The first kappa shape index (κ1) is 28.5. The zero-order valence-electron chi connectivity index (χ0n) is 20.2. The number of hydrogen-bond donors (Lipinski definition) is 2. The molecule has 4 rings (SSSR count). The van der Waals surface area contributed by atoms with Gasteiger partial charge in [-0.3, -0.25) is 0 Å². The normalized spacial score (nSPS) is 19.9. The van der Waals surface area contributed by atoms with E-state index in [-0.39, 0.29) is 46.9 Å². The van der Waals surface area contributed by atoms with Gasteiger partial charge in [-0.2, -0.15) is 26.3 Å². The zero-order chi connectivity index (χ0) is 28.8. The molecule has 1 aliphatic heterocycles. The molecule has 1 aliphatic carbocycles. The van der Waals surface area contributed by atoms with Crippen LogP contribution in [0.5, 0.6) is 5.75 Å². The number of halogens is 8. The van der Waals surface area contributed by atoms with Crippen molar-refractivity contribution in [2.24, 2.45) is 0 Å². The van der Waals surface area contributed by atoms with Crippen LogP contribution in [0.1, 0.15) is 42.9 Å². The van der Waals surface area contributed by atoms with Gasteiger partial charge in [-0.05, 0) is 79.3 Å². The molecule has 1 heterocycles. The fraction of sp³-hybridized carbons (Fsp3) is 0.296. The molecule has 0 spiro atoms. The van der Waals surface area contributed by atoms with Crippen LogP contribution in [0.15, 0.2) is 65.4 Å². The Labute approximate surface area is 223 Å². The average molecular weight is 576 g/mol. The van der Waals surface area contributed by atoms with Crippen LogP contribution in [-0.4, -0.2) is 22.8 Å². The van der Waals surface area contributed by atoms with Gasteiger partial charge in [0.15, 0.2) is 5.54 Å². The molecular weight excluding hydrogens is 555 g/mol. The SMILES string of the molecule is CC1(C(F)(F)F)NC=C(C2=C(c3cc(C(F)(F)F)ccc3OCc3ccc(Cl)cc3F)CCC2)C=C1C(=O)O. The maximum Gasteiger partial charge on any atom is 0.416 e. The summed E-state index contributed by atoms with van der Waals surface area (Å²) in [7, 11) is 0. The molecule has 0 fully saturated rings. The van der Waals surface area contributed by atoms with E-state index in [0.717, 1.165) is 36.5 Å². The summed E-state index contributed by atoms with van der Waals surface area (Å²) in [5, 5.41) is 11.8. The Balaban J connectivity index is 1.79. The molecule has 0 radical (unpaired) electrons. The Kier molecular flexibility index (Phi) is 7.50. The Morgan fingerprint density at radius 2 is 1.77 bits per heavy atom. The van der Waals surface area contributed by atoms with Crippen molar-refractivity contribution in [1.82, 2.24) is 5.32 Å². The van der Waals surface area contributed by atoms with E-state index in [0.29, 0.717) is 24.5 Å². The van der Waals surface area contributed by atoms with Gasteiger partial charge < -0.3 is 15.2 Å². The number of carbonyl (C=O) groups is 1. The molecule has 0 amide bonds. The molecule has 39 heavy (non-hydrogen) atoms. The molecule has 4 nitrogen and oxygen atoms in total. The highest BCUT2D eigenvalue weighted by Crippen LogP contribution is 2.46. The highest BCUT2D eigenvalue weighted by atomic mass is 35.5. The molecular formula is C27H21ClF7NO3. The van der Waals surface area contributed by atoms with Gasteiger partial charge in [-0.1, -0.05) is 17.7 Å². The lowest BCUT2D eigenvalue weighted by Gasteiger charge is -2.36. The maximum absolute atomic E-state index is 14.3. The molecule has 2 N–H and O–H groups in total. The molecule has 2 aliphatic rings. The lowest BCUT2D eigenvalue weighted by atomic mass is 9.84. The van der Waals surface area contributed by atoms with Crippen LogP contribution in [0.25, 0.3) is 5.57 Å². The fourth-order valence-electron chi connectivity index (χ4n) is 4.55. The first-order valence-corrected chi connectivity index (χ1v) is 12.0. The molecule has 0 saturated heterocycles. The Morgan fingerprint density at radius 1 is 1.08 bits per heavy atom. The van der Waals surface area contributed by atoms with Gasteiger partial charge in [-0.25, -0.2) is 9.18 Å². The summed E-state index contributed by atoms with van der Waals surface area (Å²) in [4.78, 5) is 11.8. The van der Waals surface area contributed by atoms with Gasteiger partial charge >= 0.3 is 18.3 Å². The highest BCUT2D eigenvalue weighted by Gasteiger charge is 2.56. The molecule has 0 bridgehead atoms. The minimum absolute atomic E-state index is 0.00122. The predicted molar refractivity (Wildman–Crippen MR) is 129 cm³/mol. The van der Waals surface area contributed by atoms with Crippen LogP contribution in [0.3, 0.4) is 0 Å². The number of carboxylic acids is 1. The van der Waals surface area contributed by atoms with Crippen LogP contribution >= 0.6 is 11.6 Å². The molecule has 1 atom stereocenters. The third kappa shape index (κ3) is 5.63. The zero-order valence-corrected chi connectivity index (χ0v) is 21.0. The van der Waals surface area contributed by atoms with Gasteiger partial charge in [0.1, 0.15) is 18.2 Å². The van der Waals surface area contributed by atoms with Crippen molar-refractivity contribution in [2.75, 3.05) is 0 Å². The summed E-state index contributed by atoms with van der Waals surface area (Å²) in [5.74, 6) is -2.46. The number of carboxylic acid groups (broad SMARTS) is 1. The van der Waals surface area contributed by atoms with E-state index >= 15 is 0 Å². The summed E-state index contributed by atoms with van der Waals surface area (Å²) in [5.41, 5.74) is -3.83. The molecule has 2 aromatic carbocycles. The second kappa shape index (κ2) is 10.3. The summed E-state index contributed by atoms with van der Waals surface area (Å²) in [6.07, 6.45) is -6.74. The van der Waals surface area contributed by atoms with Crippen LogP contribution in [-0.2, 0) is 17.6 Å². The number of benzene rings is 2. The Hall–Kier alpha value is -3.47. The van der Waals surface area contributed by atoms with Gasteiger partial charge in [0, 0.05) is 22.3 Å². The predicted octanol–water partition coefficient (Wildman–Crippen LogP) is 7.83. The van der Waals surface area contributed by atoms with E-state index in [1.54, 1.807) is 0 Å². The fourth-order valence-corrected chi connectivity index (χ4v) is 4.71. The van der Waals surface area contributed by atoms with Gasteiger partial charge in [-0.15, -0.1) is 0 Å². The molecule has 208 valence electrons. The Morgan fingerprint density at radius 3 is 2.38 bits per heavy atom. The maximum atomic E-state index is 14.3. The number of alkyl halides is 6. The number of aliphatic carboxylic acids is 1. The van der Waals surface area contributed by atoms with E-state index < -0.39 is 40.8 Å². The average Bonchev–Trinajstić information content (AvgIpc) is 3.32. The van der Waals surface area contributed by atoms with Crippen molar-refractivity contribution in [2.45, 2.75) is 50.7 Å². The van der Waals surface area contributed by atoms with Crippen molar-refractivity contribution in [3.8, 4) is 5.75 Å². The lowest BCUT2D eigenvalue weighted by molar-refractivity contribution is -0.181. The van der Waals surface area contributed by atoms with Crippen molar-refractivity contribution >= 4 is 23.1 Å². The van der Waals surface area contributed by atoms with Crippen molar-refractivity contribution in [1.29, 1.82) is 0 Å². The molecule has 2 aromatic rings. The minimum atomic E-state index is -4.94. The second-order valence-electron chi connectivity index (χ2n) is 9.27. The quantitative estimate of drug-likeness (QED) is 0.345. The molecule has 0 aromatic heterocycles. The van der Waals surface area contributed by atoms with Crippen LogP contribution < -0.4 is 10.1 Å². The summed E-state index contributed by atoms with van der Waals surface area (Å²) in [6.45, 7) is 0.361. The smallest absolute Gasteiger partial charge is 0.416 e. The van der Waals surface area contributed by atoms with E-state index in [2.05, 4.69) is 5.32 Å². The molecule has 12 heteroatoms. The van der Waals surface area contributed by atoms with Gasteiger partial charge in [0.05, 0.1) is 11.1 Å². The lowest BCUT2D eigenvalue weighted by Crippen LogP contribution is -2.56. The third-order valence-corrected chi connectivity index (χ3v) is 6.98. The number of dihydropyridines is 1. The van der Waals surface area contributed by atoms with Crippen molar-refractivity contribution < 1.29 is 45.4 Å². The highest BCUT2D eigenvalue weighted by molar-refractivity contribution is 6.30. The molecule has 0 saturated carbocycles. The summed E-state index contributed by atoms with van der Waals surface area (Å²) < 4.78 is 102. The van der Waals surface area contributed by atoms with Gasteiger partial charge in [0.25, 0.3) is 0 Å². The van der Waals surface area contributed by atoms with Crippen molar-refractivity contribution in [3.63, 3.8) is 0 Å². The number of nitrogens with one attached hydrogen (secondary N) is 1. The van der Waals surface area contributed by atoms with Gasteiger partial charge in [0.2, 0.25) is 0 Å². The first-order chi connectivity index (χ1) is 18.1. The van der Waals surface area contributed by atoms with E-state index in [4.69, 9.17) is 16.3 Å². The van der Waals surface area contributed by atoms with Crippen molar-refractivity contribution in [3.05, 3.63) is 92.9 Å². The van der Waals surface area contributed by atoms with E-state index in [9.17, 15) is 40.6 Å². The number of allylic oxidation sites excluding steroid dienone is 4. The monoisotopic (exact) mass is 575 g/mol. The van der Waals surface area contributed by atoms with E-state index in [1.807, 2.05) is 0 Å². The summed E-state index contributed by atoms with van der Waals surface area (Å²) >= 11 is 5.76. The van der Waals surface area contributed by atoms with Crippen LogP contribution in [0.4, 0.5) is 30.7 Å². The number of hydrogen-bond acceptors (Lipinski definition) is 3. The summed E-state index contributed by atoms with van der Waals surface area (Å²) in [6, 6.07) is 6.64. The standard InChI is InChI=1S/C27H21ClF7NO3/c1-25(27(33,34)35)21(24(37)38)9-15(12-36-25)18-3-2-4-19(18)20-10-16(26(30,31)32)6-8-23(20)39-13-14-5-7-17(28)11-22(14)29/h5-12,36H,2-4,13H2,1H3,(H,37,38). The second-order valence-corrected chi connectivity index (χ2v) is 9.71. The first-order valence-electron chi connectivity index (χ1n) is 11.6. The van der Waals surface area contributed by atoms with Crippen LogP contribution in [0.2, 0.25) is 5.02 Å². The third-order valence-electron chi connectivity index (χ3n) is 6.75. The Bertz CT molecular complexity index is 1410.